The normalized spacial score (nSPS) is 12.4. The Morgan fingerprint density at radius 2 is 1.87 bits per heavy atom. The van der Waals surface area contributed by atoms with Crippen LogP contribution in [0.1, 0.15) is 18.5 Å². The minimum absolute atomic E-state index is 0.202. The number of carbonyl (C=O) groups excluding carboxylic acids is 1. The van der Waals surface area contributed by atoms with Crippen molar-refractivity contribution < 1.29 is 18.3 Å². The molecule has 0 aliphatic carbocycles. The van der Waals surface area contributed by atoms with Crippen molar-refractivity contribution in [3.8, 4) is 11.1 Å². The standard InChI is InChI=1S/C20H19ClN4O4S/c1-13(27)24-19-10-15(7-8-22-19)16-9-18(20(21)23-11-16)30(28,29)25-17(12-26)14-5-3-2-4-6-14/h2-11,17,25-26H,12H2,1H3,(H,22,24,27)/t17-/m1/s1. The number of aliphatic hydroxyl groups excluding tert-OH is 1. The van der Waals surface area contributed by atoms with Crippen molar-refractivity contribution in [1.82, 2.24) is 14.7 Å². The van der Waals surface area contributed by atoms with E-state index in [2.05, 4.69) is 20.0 Å². The Bertz CT molecular complexity index is 1160. The van der Waals surface area contributed by atoms with Gasteiger partial charge in [0.15, 0.2) is 0 Å². The van der Waals surface area contributed by atoms with E-state index in [1.807, 2.05) is 0 Å². The van der Waals surface area contributed by atoms with Gasteiger partial charge in [-0.1, -0.05) is 41.9 Å². The van der Waals surface area contributed by atoms with Crippen molar-refractivity contribution >= 4 is 33.3 Å². The molecule has 8 nitrogen and oxygen atoms in total. The van der Waals surface area contributed by atoms with Gasteiger partial charge < -0.3 is 10.4 Å². The van der Waals surface area contributed by atoms with Crippen LogP contribution < -0.4 is 10.0 Å². The number of hydrogen-bond donors (Lipinski definition) is 3. The van der Waals surface area contributed by atoms with Crippen molar-refractivity contribution in [2.75, 3.05) is 11.9 Å². The highest BCUT2D eigenvalue weighted by Gasteiger charge is 2.24. The molecule has 2 aromatic heterocycles. The van der Waals surface area contributed by atoms with Gasteiger partial charge in [0.25, 0.3) is 0 Å². The number of rotatable bonds is 7. The summed E-state index contributed by atoms with van der Waals surface area (Å²) in [5.41, 5.74) is 1.67. The smallest absolute Gasteiger partial charge is 0.244 e. The molecule has 10 heteroatoms. The van der Waals surface area contributed by atoms with Crippen LogP contribution in [0.2, 0.25) is 5.15 Å². The van der Waals surface area contributed by atoms with Gasteiger partial charge in [-0.05, 0) is 29.3 Å². The summed E-state index contributed by atoms with van der Waals surface area (Å²) in [6, 6.07) is 12.5. The Kier molecular flexibility index (Phi) is 6.78. The average Bonchev–Trinajstić information content (AvgIpc) is 2.72. The number of benzene rings is 1. The highest BCUT2D eigenvalue weighted by molar-refractivity contribution is 7.89. The number of sulfonamides is 1. The van der Waals surface area contributed by atoms with Crippen LogP contribution in [-0.2, 0) is 14.8 Å². The second kappa shape index (κ2) is 9.31. The third kappa shape index (κ3) is 5.19. The number of halogens is 1. The van der Waals surface area contributed by atoms with Crippen LogP contribution >= 0.6 is 11.6 Å². The Morgan fingerprint density at radius 3 is 2.53 bits per heavy atom. The molecule has 0 aliphatic heterocycles. The maximum absolute atomic E-state index is 13.0. The number of carbonyl (C=O) groups is 1. The lowest BCUT2D eigenvalue weighted by Crippen LogP contribution is -2.31. The quantitative estimate of drug-likeness (QED) is 0.480. The van der Waals surface area contributed by atoms with Crippen LogP contribution in [0.3, 0.4) is 0 Å². The SMILES string of the molecule is CC(=O)Nc1cc(-c2cnc(Cl)c(S(=O)(=O)N[C@H](CO)c3ccccc3)c2)ccn1. The molecule has 156 valence electrons. The second-order valence-electron chi connectivity index (χ2n) is 6.39. The number of pyridine rings is 2. The third-order valence-electron chi connectivity index (χ3n) is 4.18. The fraction of sp³-hybridized carbons (Fsp3) is 0.150. The summed E-state index contributed by atoms with van der Waals surface area (Å²) < 4.78 is 28.4. The molecule has 0 unspecified atom stereocenters. The van der Waals surface area contributed by atoms with Gasteiger partial charge in [0.05, 0.1) is 12.6 Å². The van der Waals surface area contributed by atoms with Gasteiger partial charge in [-0.25, -0.2) is 23.1 Å². The summed E-state index contributed by atoms with van der Waals surface area (Å²) in [5, 5.41) is 12.0. The zero-order valence-electron chi connectivity index (χ0n) is 15.9. The third-order valence-corrected chi connectivity index (χ3v) is 6.07. The molecule has 0 bridgehead atoms. The van der Waals surface area contributed by atoms with Gasteiger partial charge in [-0.2, -0.15) is 0 Å². The first-order valence-corrected chi connectivity index (χ1v) is 10.7. The largest absolute Gasteiger partial charge is 0.394 e. The molecule has 30 heavy (non-hydrogen) atoms. The molecule has 0 radical (unpaired) electrons. The lowest BCUT2D eigenvalue weighted by Gasteiger charge is -2.17. The number of nitrogens with one attached hydrogen (secondary N) is 2. The number of aromatic nitrogens is 2. The Hall–Kier alpha value is -2.85. The topological polar surface area (TPSA) is 121 Å². The number of aliphatic hydroxyl groups is 1. The molecule has 0 aliphatic rings. The van der Waals surface area contributed by atoms with Gasteiger partial charge in [-0.3, -0.25) is 4.79 Å². The van der Waals surface area contributed by atoms with Crippen LogP contribution in [0.4, 0.5) is 5.82 Å². The first-order chi connectivity index (χ1) is 14.3. The summed E-state index contributed by atoms with van der Waals surface area (Å²) in [6.45, 7) is 0.928. The van der Waals surface area contributed by atoms with Crippen LogP contribution in [-0.4, -0.2) is 36.0 Å². The van der Waals surface area contributed by atoms with Crippen molar-refractivity contribution in [3.05, 3.63) is 71.6 Å². The predicted molar refractivity (Wildman–Crippen MR) is 113 cm³/mol. The van der Waals surface area contributed by atoms with Gasteiger partial charge in [-0.15, -0.1) is 0 Å². The van der Waals surface area contributed by atoms with Gasteiger partial charge in [0.1, 0.15) is 15.9 Å². The van der Waals surface area contributed by atoms with Crippen molar-refractivity contribution in [3.63, 3.8) is 0 Å². The van der Waals surface area contributed by atoms with Crippen molar-refractivity contribution in [1.29, 1.82) is 0 Å². The molecule has 0 fully saturated rings. The minimum Gasteiger partial charge on any atom is -0.394 e. The van der Waals surface area contributed by atoms with Crippen molar-refractivity contribution in [2.45, 2.75) is 17.9 Å². The first-order valence-electron chi connectivity index (χ1n) is 8.88. The Morgan fingerprint density at radius 1 is 1.13 bits per heavy atom. The molecule has 2 heterocycles. The van der Waals surface area contributed by atoms with Crippen LogP contribution in [0.15, 0.2) is 65.8 Å². The molecule has 0 saturated carbocycles. The van der Waals surface area contributed by atoms with E-state index in [0.717, 1.165) is 0 Å². The van der Waals surface area contributed by atoms with Crippen molar-refractivity contribution in [2.24, 2.45) is 0 Å². The van der Waals surface area contributed by atoms with Gasteiger partial charge >= 0.3 is 0 Å². The predicted octanol–water partition coefficient (Wildman–Crippen LogP) is 2.77. The van der Waals surface area contributed by atoms with E-state index in [1.165, 1.54) is 25.4 Å². The second-order valence-corrected chi connectivity index (χ2v) is 8.43. The molecule has 3 aromatic rings. The number of hydrogen-bond acceptors (Lipinski definition) is 6. The average molecular weight is 447 g/mol. The summed E-state index contributed by atoms with van der Waals surface area (Å²) in [4.78, 5) is 19.1. The summed E-state index contributed by atoms with van der Waals surface area (Å²) >= 11 is 6.08. The maximum Gasteiger partial charge on any atom is 0.244 e. The maximum atomic E-state index is 13.0. The molecule has 1 atom stereocenters. The van der Waals surface area contributed by atoms with E-state index in [0.29, 0.717) is 22.5 Å². The van der Waals surface area contributed by atoms with E-state index in [4.69, 9.17) is 11.6 Å². The van der Waals surface area contributed by atoms with E-state index < -0.39 is 22.7 Å². The van der Waals surface area contributed by atoms with Gasteiger partial charge in [0, 0.05) is 24.9 Å². The Labute approximate surface area is 179 Å². The van der Waals surface area contributed by atoms with E-state index in [-0.39, 0.29) is 16.0 Å². The zero-order chi connectivity index (χ0) is 21.7. The van der Waals surface area contributed by atoms with Crippen LogP contribution in [0.25, 0.3) is 11.1 Å². The molecule has 1 aromatic carbocycles. The molecular weight excluding hydrogens is 428 g/mol. The molecule has 0 spiro atoms. The molecule has 3 N–H and O–H groups in total. The monoisotopic (exact) mass is 446 g/mol. The van der Waals surface area contributed by atoms with E-state index in [9.17, 15) is 18.3 Å². The summed E-state index contributed by atoms with van der Waals surface area (Å²) in [6.07, 6.45) is 2.91. The molecular formula is C20H19ClN4O4S. The molecule has 3 rings (SSSR count). The first kappa shape index (κ1) is 21.8. The number of nitrogens with zero attached hydrogens (tertiary/aromatic N) is 2. The Balaban J connectivity index is 1.95. The highest BCUT2D eigenvalue weighted by atomic mass is 35.5. The molecule has 1 amide bonds. The molecule has 0 saturated heterocycles. The lowest BCUT2D eigenvalue weighted by atomic mass is 10.1. The lowest BCUT2D eigenvalue weighted by molar-refractivity contribution is -0.114. The van der Waals surface area contributed by atoms with Gasteiger partial charge in [0.2, 0.25) is 15.9 Å². The van der Waals surface area contributed by atoms with Crippen LogP contribution in [0.5, 0.6) is 0 Å². The minimum atomic E-state index is -4.10. The fourth-order valence-electron chi connectivity index (χ4n) is 2.78. The number of anilines is 1. The highest BCUT2D eigenvalue weighted by Crippen LogP contribution is 2.28. The van der Waals surface area contributed by atoms with E-state index >= 15 is 0 Å². The van der Waals surface area contributed by atoms with Crippen LogP contribution in [0, 0.1) is 0 Å². The summed E-state index contributed by atoms with van der Waals surface area (Å²) in [7, 11) is -4.10. The zero-order valence-corrected chi connectivity index (χ0v) is 17.5. The number of amides is 1. The fourth-order valence-corrected chi connectivity index (χ4v) is 4.46. The van der Waals surface area contributed by atoms with E-state index in [1.54, 1.807) is 42.5 Å². The summed E-state index contributed by atoms with van der Waals surface area (Å²) in [5.74, 6) is 0.0409.